The Bertz CT molecular complexity index is 1250. The van der Waals surface area contributed by atoms with E-state index in [1.807, 2.05) is 6.07 Å². The Morgan fingerprint density at radius 1 is 0.833 bits per heavy atom. The summed E-state index contributed by atoms with van der Waals surface area (Å²) in [6.45, 7) is 10.4. The second-order valence-electron chi connectivity index (χ2n) is 8.25. The molecule has 0 aliphatic heterocycles. The predicted octanol–water partition coefficient (Wildman–Crippen LogP) is 6.22. The van der Waals surface area contributed by atoms with Gasteiger partial charge in [-0.05, 0) is 63.9 Å². The molecule has 0 fully saturated rings. The van der Waals surface area contributed by atoms with Crippen molar-refractivity contribution in [2.75, 3.05) is 5.32 Å². The predicted molar refractivity (Wildman–Crippen MR) is 123 cm³/mol. The van der Waals surface area contributed by atoms with E-state index in [4.69, 9.17) is 4.98 Å². The first-order chi connectivity index (χ1) is 14.3. The molecule has 4 heteroatoms. The highest BCUT2D eigenvalue weighted by atomic mass is 15.1. The summed E-state index contributed by atoms with van der Waals surface area (Å²) in [7, 11) is 0. The van der Waals surface area contributed by atoms with Crippen LogP contribution in [0.3, 0.4) is 0 Å². The summed E-state index contributed by atoms with van der Waals surface area (Å²) in [6.07, 6.45) is 2.06. The highest BCUT2D eigenvalue weighted by Crippen LogP contribution is 2.33. The van der Waals surface area contributed by atoms with Crippen LogP contribution in [0.5, 0.6) is 0 Å². The molecule has 1 unspecified atom stereocenters. The number of fused-ring (bicyclic) bond motifs is 1. The zero-order chi connectivity index (χ0) is 21.4. The fourth-order valence-electron chi connectivity index (χ4n) is 4.10. The van der Waals surface area contributed by atoms with E-state index in [2.05, 4.69) is 99.1 Å². The molecule has 150 valence electrons. The van der Waals surface area contributed by atoms with E-state index < -0.39 is 6.04 Å². The van der Waals surface area contributed by atoms with Crippen molar-refractivity contribution in [3.8, 4) is 17.3 Å². The van der Waals surface area contributed by atoms with Crippen molar-refractivity contribution in [3.05, 3.63) is 88.1 Å². The number of nitrogens with one attached hydrogen (secondary N) is 1. The first kappa shape index (κ1) is 19.7. The fraction of sp³-hybridized carbons (Fsp3) is 0.231. The lowest BCUT2D eigenvalue weighted by molar-refractivity contribution is 0.965. The number of nitrogens with zero attached hydrogens (tertiary/aromatic N) is 3. The van der Waals surface area contributed by atoms with E-state index in [0.717, 1.165) is 45.0 Å². The number of hydrogen-bond donors (Lipinski definition) is 1. The molecular formula is C26H26N4. The van der Waals surface area contributed by atoms with Gasteiger partial charge in [-0.3, -0.25) is 4.40 Å². The second-order valence-corrected chi connectivity index (χ2v) is 8.25. The molecule has 4 nitrogen and oxygen atoms in total. The minimum absolute atomic E-state index is 0.478. The summed E-state index contributed by atoms with van der Waals surface area (Å²) in [4.78, 5) is 4.91. The van der Waals surface area contributed by atoms with E-state index in [-0.39, 0.29) is 0 Å². The summed E-state index contributed by atoms with van der Waals surface area (Å²) in [5.74, 6) is 0.837. The van der Waals surface area contributed by atoms with Gasteiger partial charge in [0.05, 0.1) is 6.07 Å². The van der Waals surface area contributed by atoms with Crippen LogP contribution in [-0.2, 0) is 0 Å². The number of nitriles is 1. The van der Waals surface area contributed by atoms with Crippen LogP contribution in [0.25, 0.3) is 16.9 Å². The van der Waals surface area contributed by atoms with Crippen molar-refractivity contribution in [1.82, 2.24) is 9.38 Å². The molecule has 4 aromatic rings. The normalized spacial score (nSPS) is 12.0. The average molecular weight is 395 g/mol. The topological polar surface area (TPSA) is 53.1 Å². The number of pyridine rings is 1. The zero-order valence-electron chi connectivity index (χ0n) is 18.1. The number of hydrogen-bond acceptors (Lipinski definition) is 3. The first-order valence-electron chi connectivity index (χ1n) is 10.2. The Labute approximate surface area is 177 Å². The van der Waals surface area contributed by atoms with Crippen molar-refractivity contribution in [1.29, 1.82) is 5.26 Å². The van der Waals surface area contributed by atoms with Crippen LogP contribution < -0.4 is 5.32 Å². The molecule has 0 spiro atoms. The average Bonchev–Trinajstić information content (AvgIpc) is 3.02. The molecule has 1 atom stereocenters. The molecular weight excluding hydrogens is 368 g/mol. The lowest BCUT2D eigenvalue weighted by Gasteiger charge is -2.16. The van der Waals surface area contributed by atoms with Crippen LogP contribution in [0, 0.1) is 45.9 Å². The third-order valence-electron chi connectivity index (χ3n) is 5.25. The smallest absolute Gasteiger partial charge is 0.141 e. The maximum absolute atomic E-state index is 9.99. The van der Waals surface area contributed by atoms with Gasteiger partial charge in [0.15, 0.2) is 0 Å². The van der Waals surface area contributed by atoms with Crippen molar-refractivity contribution >= 4 is 11.5 Å². The summed E-state index contributed by atoms with van der Waals surface area (Å²) in [5.41, 5.74) is 9.54. The molecule has 30 heavy (non-hydrogen) atoms. The van der Waals surface area contributed by atoms with Gasteiger partial charge in [-0.25, -0.2) is 4.98 Å². The summed E-state index contributed by atoms with van der Waals surface area (Å²) in [6, 6.07) is 18.7. The maximum Gasteiger partial charge on any atom is 0.141 e. The minimum atomic E-state index is -0.478. The zero-order valence-corrected chi connectivity index (χ0v) is 18.1. The van der Waals surface area contributed by atoms with Crippen LogP contribution in [-0.4, -0.2) is 9.38 Å². The number of benzene rings is 2. The molecule has 0 amide bonds. The molecule has 2 aromatic heterocycles. The van der Waals surface area contributed by atoms with Gasteiger partial charge in [-0.2, -0.15) is 5.26 Å². The fourth-order valence-corrected chi connectivity index (χ4v) is 4.10. The van der Waals surface area contributed by atoms with E-state index in [1.54, 1.807) is 0 Å². The molecule has 4 rings (SSSR count). The highest BCUT2D eigenvalue weighted by Gasteiger charge is 2.20. The molecule has 0 aliphatic rings. The summed E-state index contributed by atoms with van der Waals surface area (Å²) >= 11 is 0. The number of rotatable bonds is 4. The Morgan fingerprint density at radius 2 is 1.43 bits per heavy atom. The maximum atomic E-state index is 9.99. The SMILES string of the molecule is Cc1cc(C)cc(-c2nc3ccc(C)cn3c2NC(C#N)c2cc(C)cc(C)c2)c1. The van der Waals surface area contributed by atoms with Crippen LogP contribution in [0.1, 0.15) is 39.4 Å². The van der Waals surface area contributed by atoms with Crippen LogP contribution >= 0.6 is 0 Å². The van der Waals surface area contributed by atoms with E-state index >= 15 is 0 Å². The molecule has 0 saturated heterocycles. The number of aryl methyl sites for hydroxylation is 5. The van der Waals surface area contributed by atoms with Crippen LogP contribution in [0.15, 0.2) is 54.7 Å². The lowest BCUT2D eigenvalue weighted by atomic mass is 10.0. The highest BCUT2D eigenvalue weighted by molar-refractivity contribution is 5.78. The largest absolute Gasteiger partial charge is 0.350 e. The van der Waals surface area contributed by atoms with E-state index in [0.29, 0.717) is 0 Å². The Balaban J connectivity index is 1.89. The Kier molecular flexibility index (Phi) is 5.05. The molecule has 1 N–H and O–H groups in total. The van der Waals surface area contributed by atoms with Gasteiger partial charge >= 0.3 is 0 Å². The number of anilines is 1. The number of imidazole rings is 1. The van der Waals surface area contributed by atoms with Crippen LogP contribution in [0.2, 0.25) is 0 Å². The summed E-state index contributed by atoms with van der Waals surface area (Å²) < 4.78 is 2.05. The van der Waals surface area contributed by atoms with E-state index in [9.17, 15) is 5.26 Å². The van der Waals surface area contributed by atoms with Gasteiger partial charge in [0.2, 0.25) is 0 Å². The van der Waals surface area contributed by atoms with Gasteiger partial charge in [0.25, 0.3) is 0 Å². The molecule has 2 heterocycles. The van der Waals surface area contributed by atoms with Crippen molar-refractivity contribution in [2.45, 2.75) is 40.7 Å². The monoisotopic (exact) mass is 394 g/mol. The van der Waals surface area contributed by atoms with Crippen molar-refractivity contribution < 1.29 is 0 Å². The third kappa shape index (κ3) is 3.79. The van der Waals surface area contributed by atoms with Gasteiger partial charge in [-0.1, -0.05) is 52.6 Å². The van der Waals surface area contributed by atoms with E-state index in [1.165, 1.54) is 11.1 Å². The van der Waals surface area contributed by atoms with Gasteiger partial charge in [0.1, 0.15) is 23.2 Å². The second kappa shape index (κ2) is 7.68. The summed E-state index contributed by atoms with van der Waals surface area (Å²) in [5, 5.41) is 13.5. The van der Waals surface area contributed by atoms with Crippen LogP contribution in [0.4, 0.5) is 5.82 Å². The molecule has 0 saturated carbocycles. The van der Waals surface area contributed by atoms with Gasteiger partial charge in [0, 0.05) is 11.8 Å². The Morgan fingerprint density at radius 3 is 2.03 bits per heavy atom. The Hall–Kier alpha value is -3.58. The molecule has 0 radical (unpaired) electrons. The van der Waals surface area contributed by atoms with Gasteiger partial charge < -0.3 is 5.32 Å². The standard InChI is InChI=1S/C26H26N4/c1-16-6-7-24-29-25(22-12-19(4)9-20(5)13-22)26(30(24)15-16)28-23(14-27)21-10-17(2)8-18(3)11-21/h6-13,15,23,28H,1-5H3. The third-order valence-corrected chi connectivity index (χ3v) is 5.25. The molecule has 0 bridgehead atoms. The minimum Gasteiger partial charge on any atom is -0.350 e. The first-order valence-corrected chi connectivity index (χ1v) is 10.2. The molecule has 0 aliphatic carbocycles. The quantitative estimate of drug-likeness (QED) is 0.447. The lowest BCUT2D eigenvalue weighted by Crippen LogP contribution is -2.11. The van der Waals surface area contributed by atoms with Crippen molar-refractivity contribution in [3.63, 3.8) is 0 Å². The number of aromatic nitrogens is 2. The van der Waals surface area contributed by atoms with Gasteiger partial charge in [-0.15, -0.1) is 0 Å². The molecule has 2 aromatic carbocycles. The van der Waals surface area contributed by atoms with Crippen molar-refractivity contribution in [2.24, 2.45) is 0 Å².